The number of benzene rings is 1. The van der Waals surface area contributed by atoms with Crippen LogP contribution in [0.25, 0.3) is 0 Å². The second-order valence-electron chi connectivity index (χ2n) is 3.61. The Labute approximate surface area is 96.8 Å². The second-order valence-corrected chi connectivity index (χ2v) is 3.87. The van der Waals surface area contributed by atoms with Crippen molar-refractivity contribution in [3.05, 3.63) is 34.6 Å². The van der Waals surface area contributed by atoms with Gasteiger partial charge in [-0.3, -0.25) is 0 Å². The molecule has 0 aromatic heterocycles. The summed E-state index contributed by atoms with van der Waals surface area (Å²) in [6.07, 6.45) is -0.511. The zero-order chi connectivity index (χ0) is 11.7. The summed E-state index contributed by atoms with van der Waals surface area (Å²) in [7, 11) is 0. The van der Waals surface area contributed by atoms with Crippen LogP contribution in [0.1, 0.15) is 22.8 Å². The monoisotopic (exact) mass is 244 g/mol. The molecule has 5 heteroatoms. The van der Waals surface area contributed by atoms with Crippen LogP contribution < -0.4 is 0 Å². The third-order valence-electron chi connectivity index (χ3n) is 2.63. The molecule has 1 aromatic rings. The van der Waals surface area contributed by atoms with E-state index >= 15 is 0 Å². The topological polar surface area (TPSA) is 46.5 Å². The number of aliphatic carboxylic acids is 1. The van der Waals surface area contributed by atoms with Crippen molar-refractivity contribution >= 4 is 17.6 Å². The lowest BCUT2D eigenvalue weighted by atomic mass is 9.93. The molecule has 1 N–H and O–H groups in total. The van der Waals surface area contributed by atoms with E-state index in [2.05, 4.69) is 0 Å². The largest absolute Gasteiger partial charge is 0.479 e. The summed E-state index contributed by atoms with van der Waals surface area (Å²) < 4.78 is 18.4. The molecule has 0 saturated carbocycles. The molecular formula is C11H10ClFO3. The Bertz CT molecular complexity index is 433. The first-order chi connectivity index (χ1) is 7.63. The molecule has 3 nitrogen and oxygen atoms in total. The van der Waals surface area contributed by atoms with E-state index < -0.39 is 17.9 Å². The number of ether oxygens (including phenoxy) is 1. The number of alkyl halides is 1. The number of fused-ring (bicyclic) bond motifs is 1. The lowest BCUT2D eigenvalue weighted by Gasteiger charge is -2.24. The van der Waals surface area contributed by atoms with Gasteiger partial charge >= 0.3 is 5.97 Å². The lowest BCUT2D eigenvalue weighted by molar-refractivity contribution is -0.151. The van der Waals surface area contributed by atoms with E-state index in [1.54, 1.807) is 0 Å². The highest BCUT2D eigenvalue weighted by molar-refractivity contribution is 6.17. The first kappa shape index (κ1) is 11.4. The van der Waals surface area contributed by atoms with Crippen molar-refractivity contribution < 1.29 is 19.0 Å². The summed E-state index contributed by atoms with van der Waals surface area (Å²) in [4.78, 5) is 10.9. The standard InChI is InChI=1S/C11H10ClFO3/c12-5-6-3-7(13)4-9-8(6)1-2-16-10(9)11(14)15/h3-4,10H,1-2,5H2,(H,14,15)/t10-/m0/s1. The van der Waals surface area contributed by atoms with Crippen molar-refractivity contribution in [2.24, 2.45) is 0 Å². The van der Waals surface area contributed by atoms with Crippen LogP contribution in [0.3, 0.4) is 0 Å². The van der Waals surface area contributed by atoms with Crippen LogP contribution in [0.4, 0.5) is 4.39 Å². The predicted octanol–water partition coefficient (Wildman–Crippen LogP) is 2.26. The zero-order valence-electron chi connectivity index (χ0n) is 8.37. The average Bonchev–Trinajstić information content (AvgIpc) is 2.26. The first-order valence-corrected chi connectivity index (χ1v) is 5.38. The predicted molar refractivity (Wildman–Crippen MR) is 56.0 cm³/mol. The average molecular weight is 245 g/mol. The normalized spacial score (nSPS) is 19.2. The maximum absolute atomic E-state index is 13.3. The molecule has 1 aromatic carbocycles. The molecule has 1 aliphatic rings. The minimum atomic E-state index is -1.10. The van der Waals surface area contributed by atoms with Crippen molar-refractivity contribution in [3.63, 3.8) is 0 Å². The molecule has 1 atom stereocenters. The van der Waals surface area contributed by atoms with Gasteiger partial charge in [0.2, 0.25) is 0 Å². The Morgan fingerprint density at radius 2 is 2.38 bits per heavy atom. The summed E-state index contributed by atoms with van der Waals surface area (Å²) >= 11 is 5.71. The van der Waals surface area contributed by atoms with Gasteiger partial charge in [0.05, 0.1) is 6.61 Å². The fraction of sp³-hybridized carbons (Fsp3) is 0.364. The Kier molecular flexibility index (Phi) is 3.12. The van der Waals surface area contributed by atoms with Gasteiger partial charge in [-0.2, -0.15) is 0 Å². The molecule has 0 bridgehead atoms. The summed E-state index contributed by atoms with van der Waals surface area (Å²) in [5.41, 5.74) is 1.83. The Balaban J connectivity index is 2.55. The highest BCUT2D eigenvalue weighted by Crippen LogP contribution is 2.31. The van der Waals surface area contributed by atoms with E-state index in [-0.39, 0.29) is 5.88 Å². The fourth-order valence-electron chi connectivity index (χ4n) is 1.95. The summed E-state index contributed by atoms with van der Waals surface area (Å²) in [6.45, 7) is 0.319. The zero-order valence-corrected chi connectivity index (χ0v) is 9.13. The summed E-state index contributed by atoms with van der Waals surface area (Å²) in [6, 6.07) is 2.55. The van der Waals surface area contributed by atoms with Crippen LogP contribution in [0.2, 0.25) is 0 Å². The van der Waals surface area contributed by atoms with Crippen LogP contribution in [0, 0.1) is 5.82 Å². The molecule has 0 fully saturated rings. The number of carbonyl (C=O) groups is 1. The molecule has 16 heavy (non-hydrogen) atoms. The van der Waals surface area contributed by atoms with Gasteiger partial charge in [-0.1, -0.05) is 0 Å². The molecule has 0 spiro atoms. The Morgan fingerprint density at radius 3 is 3.00 bits per heavy atom. The highest BCUT2D eigenvalue weighted by Gasteiger charge is 2.29. The number of halogens is 2. The third kappa shape index (κ3) is 1.90. The number of hydrogen-bond donors (Lipinski definition) is 1. The Hall–Kier alpha value is -1.13. The van der Waals surface area contributed by atoms with Gasteiger partial charge in [0, 0.05) is 5.88 Å². The molecule has 2 rings (SSSR count). The molecule has 0 unspecified atom stereocenters. The second kappa shape index (κ2) is 4.39. The molecule has 1 heterocycles. The van der Waals surface area contributed by atoms with Gasteiger partial charge in [-0.15, -0.1) is 11.6 Å². The smallest absolute Gasteiger partial charge is 0.337 e. The van der Waals surface area contributed by atoms with Crippen LogP contribution in [-0.2, 0) is 21.8 Å². The van der Waals surface area contributed by atoms with Crippen molar-refractivity contribution in [1.29, 1.82) is 0 Å². The number of carboxylic acids is 1. The number of rotatable bonds is 2. The van der Waals surface area contributed by atoms with E-state index in [0.717, 1.165) is 5.56 Å². The van der Waals surface area contributed by atoms with Gasteiger partial charge in [0.15, 0.2) is 6.10 Å². The van der Waals surface area contributed by atoms with Gasteiger partial charge in [0.1, 0.15) is 5.82 Å². The lowest BCUT2D eigenvalue weighted by Crippen LogP contribution is -2.24. The van der Waals surface area contributed by atoms with Gasteiger partial charge < -0.3 is 9.84 Å². The van der Waals surface area contributed by atoms with Crippen molar-refractivity contribution in [2.75, 3.05) is 6.61 Å². The van der Waals surface area contributed by atoms with Crippen molar-refractivity contribution in [2.45, 2.75) is 18.4 Å². The summed E-state index contributed by atoms with van der Waals surface area (Å²) in [5.74, 6) is -1.41. The molecule has 0 aliphatic carbocycles. The molecule has 86 valence electrons. The molecule has 0 radical (unpaired) electrons. The number of carboxylic acid groups (broad SMARTS) is 1. The van der Waals surface area contributed by atoms with E-state index in [1.807, 2.05) is 0 Å². The summed E-state index contributed by atoms with van der Waals surface area (Å²) in [5, 5.41) is 8.96. The van der Waals surface area contributed by atoms with Crippen LogP contribution >= 0.6 is 11.6 Å². The molecule has 1 aliphatic heterocycles. The maximum atomic E-state index is 13.3. The Morgan fingerprint density at radius 1 is 1.62 bits per heavy atom. The van der Waals surface area contributed by atoms with Crippen LogP contribution in [-0.4, -0.2) is 17.7 Å². The van der Waals surface area contributed by atoms with E-state index in [4.69, 9.17) is 21.4 Å². The van der Waals surface area contributed by atoms with Gasteiger partial charge in [-0.25, -0.2) is 9.18 Å². The minimum absolute atomic E-state index is 0.173. The maximum Gasteiger partial charge on any atom is 0.337 e. The van der Waals surface area contributed by atoms with Crippen molar-refractivity contribution in [1.82, 2.24) is 0 Å². The van der Waals surface area contributed by atoms with Crippen LogP contribution in [0.5, 0.6) is 0 Å². The van der Waals surface area contributed by atoms with Gasteiger partial charge in [0.25, 0.3) is 0 Å². The number of hydrogen-bond acceptors (Lipinski definition) is 2. The quantitative estimate of drug-likeness (QED) is 0.812. The molecule has 0 amide bonds. The van der Waals surface area contributed by atoms with Crippen LogP contribution in [0.15, 0.2) is 12.1 Å². The highest BCUT2D eigenvalue weighted by atomic mass is 35.5. The SMILES string of the molecule is O=C(O)[C@H]1OCCc2c(CCl)cc(F)cc21. The third-order valence-corrected chi connectivity index (χ3v) is 2.92. The van der Waals surface area contributed by atoms with Crippen molar-refractivity contribution in [3.8, 4) is 0 Å². The molecular weight excluding hydrogens is 235 g/mol. The van der Waals surface area contributed by atoms with E-state index in [9.17, 15) is 9.18 Å². The first-order valence-electron chi connectivity index (χ1n) is 4.85. The molecule has 0 saturated heterocycles. The van der Waals surface area contributed by atoms with E-state index in [0.29, 0.717) is 24.2 Å². The minimum Gasteiger partial charge on any atom is -0.479 e. The van der Waals surface area contributed by atoms with Gasteiger partial charge in [-0.05, 0) is 35.2 Å². The van der Waals surface area contributed by atoms with E-state index in [1.165, 1.54) is 12.1 Å². The fourth-order valence-corrected chi connectivity index (χ4v) is 2.19.